The van der Waals surface area contributed by atoms with Crippen molar-refractivity contribution < 1.29 is 17.6 Å². The number of furan rings is 1. The van der Waals surface area contributed by atoms with Gasteiger partial charge in [-0.15, -0.1) is 0 Å². The number of nitrogens with zero attached hydrogens (tertiary/aromatic N) is 3. The predicted molar refractivity (Wildman–Crippen MR) is 120 cm³/mol. The Morgan fingerprint density at radius 2 is 1.97 bits per heavy atom. The van der Waals surface area contributed by atoms with E-state index in [2.05, 4.69) is 20.3 Å². The third kappa shape index (κ3) is 4.81. The molecule has 0 bridgehead atoms. The molecular formula is C24H24F3N5O. The fraction of sp³-hybridized carbons (Fsp3) is 0.333. The van der Waals surface area contributed by atoms with Crippen LogP contribution in [0.25, 0.3) is 11.2 Å². The molecule has 1 aliphatic heterocycles. The van der Waals surface area contributed by atoms with E-state index in [1.54, 1.807) is 23.4 Å². The van der Waals surface area contributed by atoms with E-state index < -0.39 is 11.7 Å². The molecule has 0 aliphatic carbocycles. The van der Waals surface area contributed by atoms with Gasteiger partial charge in [-0.3, -0.25) is 0 Å². The Morgan fingerprint density at radius 1 is 1.12 bits per heavy atom. The highest BCUT2D eigenvalue weighted by Crippen LogP contribution is 2.32. The van der Waals surface area contributed by atoms with Gasteiger partial charge in [0.15, 0.2) is 5.65 Å². The largest absolute Gasteiger partial charge is 0.469 e. The minimum atomic E-state index is -2.66. The molecule has 6 nitrogen and oxygen atoms in total. The number of hydrogen-bond acceptors (Lipinski definition) is 5. The monoisotopic (exact) mass is 455 g/mol. The van der Waals surface area contributed by atoms with Crippen molar-refractivity contribution in [3.05, 3.63) is 71.8 Å². The van der Waals surface area contributed by atoms with Crippen LogP contribution in [-0.4, -0.2) is 34.0 Å². The molecule has 5 rings (SSSR count). The van der Waals surface area contributed by atoms with Crippen molar-refractivity contribution in [3.63, 3.8) is 0 Å². The van der Waals surface area contributed by atoms with Crippen LogP contribution in [0.15, 0.2) is 53.3 Å². The van der Waals surface area contributed by atoms with E-state index in [9.17, 15) is 13.2 Å². The van der Waals surface area contributed by atoms with Crippen molar-refractivity contribution in [2.75, 3.05) is 23.3 Å². The van der Waals surface area contributed by atoms with Crippen molar-refractivity contribution in [3.8, 4) is 0 Å². The van der Waals surface area contributed by atoms with Crippen LogP contribution in [0.1, 0.15) is 30.0 Å². The number of aryl methyl sites for hydroxylation is 2. The first-order valence-electron chi connectivity index (χ1n) is 11.0. The number of anilines is 2. The summed E-state index contributed by atoms with van der Waals surface area (Å²) in [6.07, 6.45) is 4.27. The van der Waals surface area contributed by atoms with Crippen molar-refractivity contribution in [1.82, 2.24) is 15.0 Å². The Labute approximate surface area is 188 Å². The smallest absolute Gasteiger partial charge is 0.251 e. The second-order valence-corrected chi connectivity index (χ2v) is 8.30. The van der Waals surface area contributed by atoms with E-state index in [0.717, 1.165) is 34.8 Å². The summed E-state index contributed by atoms with van der Waals surface area (Å²) in [7, 11) is 0. The first-order valence-corrected chi connectivity index (χ1v) is 11.0. The number of aromatic amines is 1. The highest BCUT2D eigenvalue weighted by atomic mass is 19.3. The summed E-state index contributed by atoms with van der Waals surface area (Å²) >= 11 is 0. The number of piperidine rings is 1. The first-order chi connectivity index (χ1) is 16.0. The average molecular weight is 455 g/mol. The van der Waals surface area contributed by atoms with Gasteiger partial charge in [-0.2, -0.15) is 0 Å². The highest BCUT2D eigenvalue weighted by molar-refractivity contribution is 5.85. The van der Waals surface area contributed by atoms with Crippen LogP contribution in [0.4, 0.5) is 24.5 Å². The fourth-order valence-corrected chi connectivity index (χ4v) is 4.10. The first kappa shape index (κ1) is 21.4. The lowest BCUT2D eigenvalue weighted by Gasteiger charge is -2.33. The lowest BCUT2D eigenvalue weighted by Crippen LogP contribution is -2.39. The zero-order valence-electron chi connectivity index (χ0n) is 18.0. The van der Waals surface area contributed by atoms with Crippen LogP contribution in [0.3, 0.4) is 0 Å². The molecule has 2 N–H and O–H groups in total. The number of H-pyrrole nitrogens is 1. The number of alkyl halides is 2. The normalized spacial score (nSPS) is 15.8. The number of nitrogens with one attached hydrogen (secondary N) is 2. The second-order valence-electron chi connectivity index (χ2n) is 8.30. The molecule has 0 unspecified atom stereocenters. The van der Waals surface area contributed by atoms with Gasteiger partial charge in [-0.05, 0) is 35.9 Å². The third-order valence-electron chi connectivity index (χ3n) is 5.95. The summed E-state index contributed by atoms with van der Waals surface area (Å²) in [5.41, 5.74) is 3.31. The molecule has 33 heavy (non-hydrogen) atoms. The number of aromatic nitrogens is 3. The van der Waals surface area contributed by atoms with Crippen LogP contribution >= 0.6 is 0 Å². The Balaban J connectivity index is 1.25. The lowest BCUT2D eigenvalue weighted by atomic mass is 10.1. The molecule has 1 saturated heterocycles. The number of imidazole rings is 1. The van der Waals surface area contributed by atoms with Gasteiger partial charge >= 0.3 is 0 Å². The molecule has 3 aromatic heterocycles. The summed E-state index contributed by atoms with van der Waals surface area (Å²) in [4.78, 5) is 13.9. The average Bonchev–Trinajstić information content (AvgIpc) is 3.46. The van der Waals surface area contributed by atoms with Crippen LogP contribution in [0.5, 0.6) is 0 Å². The number of benzene rings is 1. The van der Waals surface area contributed by atoms with E-state index in [1.807, 2.05) is 24.3 Å². The number of rotatable bonds is 7. The van der Waals surface area contributed by atoms with E-state index >= 15 is 0 Å². The predicted octanol–water partition coefficient (Wildman–Crippen LogP) is 5.32. The maximum atomic E-state index is 14.7. The molecule has 0 radical (unpaired) electrons. The number of hydrogen-bond donors (Lipinski definition) is 2. The molecule has 4 aromatic rings. The van der Waals surface area contributed by atoms with Crippen molar-refractivity contribution >= 4 is 22.5 Å². The van der Waals surface area contributed by atoms with Gasteiger partial charge in [0.05, 0.1) is 17.6 Å². The third-order valence-corrected chi connectivity index (χ3v) is 5.95. The van der Waals surface area contributed by atoms with Gasteiger partial charge in [0.1, 0.15) is 22.9 Å². The molecule has 1 fully saturated rings. The summed E-state index contributed by atoms with van der Waals surface area (Å²) < 4.78 is 46.9. The van der Waals surface area contributed by atoms with Crippen LogP contribution < -0.4 is 10.2 Å². The highest BCUT2D eigenvalue weighted by Gasteiger charge is 2.34. The lowest BCUT2D eigenvalue weighted by molar-refractivity contribution is -0.0221. The summed E-state index contributed by atoms with van der Waals surface area (Å²) in [6, 6.07) is 10.6. The standard InChI is InChI=1S/C24H24F3N5O/c25-18-14-16(3-5-20(18)32-11-8-24(26,27)9-12-32)15-29-19-7-10-28-23-22(19)30-21(31-23)6-4-17-2-1-13-33-17/h1-3,5,7,10,13-14H,4,6,8-9,11-12,15H2,(H2,28,29,30,31). The molecule has 172 valence electrons. The minimum Gasteiger partial charge on any atom is -0.469 e. The van der Waals surface area contributed by atoms with Crippen molar-refractivity contribution in [1.29, 1.82) is 0 Å². The number of halogens is 3. The van der Waals surface area contributed by atoms with Gasteiger partial charge < -0.3 is 19.6 Å². The number of pyridine rings is 1. The van der Waals surface area contributed by atoms with Crippen LogP contribution in [0.2, 0.25) is 0 Å². The molecule has 1 aromatic carbocycles. The summed E-state index contributed by atoms with van der Waals surface area (Å²) in [6.45, 7) is 0.693. The molecule has 0 amide bonds. The molecule has 0 atom stereocenters. The zero-order valence-corrected chi connectivity index (χ0v) is 18.0. The van der Waals surface area contributed by atoms with E-state index in [-0.39, 0.29) is 25.9 Å². The molecule has 4 heterocycles. The van der Waals surface area contributed by atoms with E-state index in [4.69, 9.17) is 4.42 Å². The quantitative estimate of drug-likeness (QED) is 0.395. The summed E-state index contributed by atoms with van der Waals surface area (Å²) in [5, 5.41) is 3.30. The van der Waals surface area contributed by atoms with E-state index in [0.29, 0.717) is 24.3 Å². The molecular weight excluding hydrogens is 431 g/mol. The van der Waals surface area contributed by atoms with Gasteiger partial charge in [-0.1, -0.05) is 6.07 Å². The van der Waals surface area contributed by atoms with Gasteiger partial charge in [0, 0.05) is 51.5 Å². The van der Waals surface area contributed by atoms with Crippen LogP contribution in [-0.2, 0) is 19.4 Å². The topological polar surface area (TPSA) is 70.0 Å². The SMILES string of the molecule is Fc1cc(CNc2ccnc3[nH]c(CCc4ccco4)nc23)ccc1N1CCC(F)(F)CC1. The molecule has 0 spiro atoms. The van der Waals surface area contributed by atoms with Gasteiger partial charge in [-0.25, -0.2) is 23.1 Å². The zero-order chi connectivity index (χ0) is 22.8. The second kappa shape index (κ2) is 8.80. The number of fused-ring (bicyclic) bond motifs is 1. The Bertz CT molecular complexity index is 1230. The fourth-order valence-electron chi connectivity index (χ4n) is 4.10. The molecule has 9 heteroatoms. The Hall–Kier alpha value is -3.49. The minimum absolute atomic E-state index is 0.151. The molecule has 1 aliphatic rings. The molecule has 0 saturated carbocycles. The van der Waals surface area contributed by atoms with Crippen LogP contribution in [0, 0.1) is 5.82 Å². The maximum absolute atomic E-state index is 14.7. The van der Waals surface area contributed by atoms with Crippen molar-refractivity contribution in [2.45, 2.75) is 38.2 Å². The summed E-state index contributed by atoms with van der Waals surface area (Å²) in [5.74, 6) is -1.35. The van der Waals surface area contributed by atoms with Gasteiger partial charge in [0.2, 0.25) is 0 Å². The van der Waals surface area contributed by atoms with E-state index in [1.165, 1.54) is 6.07 Å². The maximum Gasteiger partial charge on any atom is 0.251 e. The van der Waals surface area contributed by atoms with Gasteiger partial charge in [0.25, 0.3) is 5.92 Å². The Kier molecular flexibility index (Phi) is 5.70. The van der Waals surface area contributed by atoms with Crippen molar-refractivity contribution in [2.24, 2.45) is 0 Å². The Morgan fingerprint density at radius 3 is 2.73 bits per heavy atom.